The van der Waals surface area contributed by atoms with Gasteiger partial charge in [0.2, 0.25) is 0 Å². The molecule has 0 N–H and O–H groups in total. The Kier molecular flexibility index (Phi) is 4.48. The molecule has 0 nitrogen and oxygen atoms in total. The molecule has 0 aromatic rings. The lowest BCUT2D eigenvalue weighted by molar-refractivity contribution is 0.211. The highest BCUT2D eigenvalue weighted by atomic mass is 14.3. The van der Waals surface area contributed by atoms with Gasteiger partial charge in [0.15, 0.2) is 0 Å². The SMILES string of the molecule is C=CCC(C)C(C)(C)CCC. The van der Waals surface area contributed by atoms with Gasteiger partial charge in [0, 0.05) is 0 Å². The van der Waals surface area contributed by atoms with Crippen molar-refractivity contribution < 1.29 is 0 Å². The van der Waals surface area contributed by atoms with Gasteiger partial charge >= 0.3 is 0 Å². The molecule has 0 rings (SSSR count). The smallest absolute Gasteiger partial charge is 0.0322 e. The number of rotatable bonds is 5. The lowest BCUT2D eigenvalue weighted by Crippen LogP contribution is -2.20. The van der Waals surface area contributed by atoms with E-state index in [9.17, 15) is 0 Å². The second-order valence-corrected chi connectivity index (χ2v) is 4.16. The monoisotopic (exact) mass is 154 g/mol. The van der Waals surface area contributed by atoms with E-state index in [2.05, 4.69) is 34.3 Å². The molecule has 0 aliphatic heterocycles. The molecule has 0 radical (unpaired) electrons. The molecule has 0 spiro atoms. The Balaban J connectivity index is 3.93. The summed E-state index contributed by atoms with van der Waals surface area (Å²) in [4.78, 5) is 0. The van der Waals surface area contributed by atoms with Gasteiger partial charge in [0.25, 0.3) is 0 Å². The van der Waals surface area contributed by atoms with E-state index in [1.54, 1.807) is 0 Å². The largest absolute Gasteiger partial charge is 0.103 e. The van der Waals surface area contributed by atoms with Crippen molar-refractivity contribution in [3.8, 4) is 0 Å². The molecule has 0 aliphatic rings. The average molecular weight is 154 g/mol. The van der Waals surface area contributed by atoms with Gasteiger partial charge in [-0.25, -0.2) is 0 Å². The maximum atomic E-state index is 3.77. The fourth-order valence-electron chi connectivity index (χ4n) is 1.46. The topological polar surface area (TPSA) is 0 Å². The lowest BCUT2D eigenvalue weighted by atomic mass is 9.75. The Bertz CT molecular complexity index is 111. The normalized spacial score (nSPS) is 14.5. The minimum atomic E-state index is 0.489. The van der Waals surface area contributed by atoms with Crippen LogP contribution >= 0.6 is 0 Å². The molecule has 0 aromatic carbocycles. The first-order chi connectivity index (χ1) is 5.04. The van der Waals surface area contributed by atoms with E-state index in [0.717, 1.165) is 12.3 Å². The van der Waals surface area contributed by atoms with Crippen molar-refractivity contribution in [2.24, 2.45) is 11.3 Å². The van der Waals surface area contributed by atoms with Crippen LogP contribution in [0, 0.1) is 11.3 Å². The molecule has 0 saturated carbocycles. The summed E-state index contributed by atoms with van der Waals surface area (Å²) >= 11 is 0. The van der Waals surface area contributed by atoms with Crippen molar-refractivity contribution in [2.45, 2.75) is 47.0 Å². The van der Waals surface area contributed by atoms with Crippen molar-refractivity contribution in [3.05, 3.63) is 12.7 Å². The molecule has 0 heteroatoms. The minimum Gasteiger partial charge on any atom is -0.103 e. The second kappa shape index (κ2) is 4.58. The maximum Gasteiger partial charge on any atom is -0.0322 e. The summed E-state index contributed by atoms with van der Waals surface area (Å²) in [6, 6.07) is 0. The van der Waals surface area contributed by atoms with E-state index >= 15 is 0 Å². The first-order valence-electron chi connectivity index (χ1n) is 4.65. The van der Waals surface area contributed by atoms with Crippen molar-refractivity contribution in [1.82, 2.24) is 0 Å². The average Bonchev–Trinajstić information content (AvgIpc) is 1.88. The molecule has 0 fully saturated rings. The van der Waals surface area contributed by atoms with Gasteiger partial charge in [-0.3, -0.25) is 0 Å². The van der Waals surface area contributed by atoms with Crippen LogP contribution in [0.4, 0.5) is 0 Å². The fraction of sp³-hybridized carbons (Fsp3) is 0.818. The van der Waals surface area contributed by atoms with Gasteiger partial charge in [-0.2, -0.15) is 0 Å². The summed E-state index contributed by atoms with van der Waals surface area (Å²) in [5, 5.41) is 0. The molecular weight excluding hydrogens is 132 g/mol. The predicted molar refractivity (Wildman–Crippen MR) is 52.7 cm³/mol. The van der Waals surface area contributed by atoms with Crippen LogP contribution in [0.3, 0.4) is 0 Å². The van der Waals surface area contributed by atoms with Gasteiger partial charge < -0.3 is 0 Å². The van der Waals surface area contributed by atoms with Gasteiger partial charge in [0.1, 0.15) is 0 Å². The lowest BCUT2D eigenvalue weighted by Gasteiger charge is -2.30. The van der Waals surface area contributed by atoms with Gasteiger partial charge in [-0.15, -0.1) is 6.58 Å². The van der Waals surface area contributed by atoms with Gasteiger partial charge in [0.05, 0.1) is 0 Å². The molecule has 0 heterocycles. The molecule has 1 atom stereocenters. The Morgan fingerprint density at radius 2 is 2.00 bits per heavy atom. The van der Waals surface area contributed by atoms with Crippen LogP contribution in [0.15, 0.2) is 12.7 Å². The minimum absolute atomic E-state index is 0.489. The standard InChI is InChI=1S/C11H22/c1-6-8-10(3)11(4,5)9-7-2/h6,10H,1,7-9H2,2-5H3. The molecule has 0 saturated heterocycles. The van der Waals surface area contributed by atoms with Crippen molar-refractivity contribution in [2.75, 3.05) is 0 Å². The maximum absolute atomic E-state index is 3.77. The zero-order chi connectivity index (χ0) is 8.91. The number of hydrogen-bond donors (Lipinski definition) is 0. The van der Waals surface area contributed by atoms with Crippen LogP contribution in [0.1, 0.15) is 47.0 Å². The third-order valence-electron chi connectivity index (χ3n) is 2.75. The molecule has 0 amide bonds. The Morgan fingerprint density at radius 1 is 1.45 bits per heavy atom. The Labute approximate surface area is 71.7 Å². The summed E-state index contributed by atoms with van der Waals surface area (Å²) in [7, 11) is 0. The molecule has 0 bridgehead atoms. The zero-order valence-electron chi connectivity index (χ0n) is 8.48. The zero-order valence-corrected chi connectivity index (χ0v) is 8.48. The summed E-state index contributed by atoms with van der Waals surface area (Å²) in [6.45, 7) is 13.0. The number of allylic oxidation sites excluding steroid dienone is 1. The highest BCUT2D eigenvalue weighted by Gasteiger charge is 2.23. The molecule has 11 heavy (non-hydrogen) atoms. The molecular formula is C11H22. The summed E-state index contributed by atoms with van der Waals surface area (Å²) < 4.78 is 0. The summed E-state index contributed by atoms with van der Waals surface area (Å²) in [6.07, 6.45) is 5.78. The van der Waals surface area contributed by atoms with Gasteiger partial charge in [-0.1, -0.05) is 40.2 Å². The summed E-state index contributed by atoms with van der Waals surface area (Å²) in [5.41, 5.74) is 0.489. The van der Waals surface area contributed by atoms with Gasteiger partial charge in [-0.05, 0) is 24.2 Å². The van der Waals surface area contributed by atoms with E-state index in [-0.39, 0.29) is 0 Å². The quantitative estimate of drug-likeness (QED) is 0.524. The van der Waals surface area contributed by atoms with E-state index in [0.29, 0.717) is 5.41 Å². The molecule has 0 aliphatic carbocycles. The Morgan fingerprint density at radius 3 is 2.36 bits per heavy atom. The Hall–Kier alpha value is -0.260. The van der Waals surface area contributed by atoms with Crippen molar-refractivity contribution in [3.63, 3.8) is 0 Å². The van der Waals surface area contributed by atoms with Crippen LogP contribution in [0.2, 0.25) is 0 Å². The van der Waals surface area contributed by atoms with E-state index < -0.39 is 0 Å². The highest BCUT2D eigenvalue weighted by molar-refractivity contribution is 4.80. The molecule has 1 unspecified atom stereocenters. The molecule has 0 aromatic heterocycles. The third-order valence-corrected chi connectivity index (χ3v) is 2.75. The second-order valence-electron chi connectivity index (χ2n) is 4.16. The van der Waals surface area contributed by atoms with Crippen LogP contribution in [0.5, 0.6) is 0 Å². The predicted octanol–water partition coefficient (Wildman–Crippen LogP) is 4.02. The van der Waals surface area contributed by atoms with E-state index in [4.69, 9.17) is 0 Å². The van der Waals surface area contributed by atoms with Crippen molar-refractivity contribution in [1.29, 1.82) is 0 Å². The fourth-order valence-corrected chi connectivity index (χ4v) is 1.46. The first-order valence-corrected chi connectivity index (χ1v) is 4.65. The van der Waals surface area contributed by atoms with Crippen LogP contribution in [-0.2, 0) is 0 Å². The first kappa shape index (κ1) is 10.7. The highest BCUT2D eigenvalue weighted by Crippen LogP contribution is 2.33. The van der Waals surface area contributed by atoms with E-state index in [1.165, 1.54) is 12.8 Å². The summed E-state index contributed by atoms with van der Waals surface area (Å²) in [5.74, 6) is 0.764. The molecule has 66 valence electrons. The van der Waals surface area contributed by atoms with E-state index in [1.807, 2.05) is 6.08 Å². The van der Waals surface area contributed by atoms with Crippen LogP contribution in [0.25, 0.3) is 0 Å². The van der Waals surface area contributed by atoms with Crippen molar-refractivity contribution >= 4 is 0 Å². The number of hydrogen-bond acceptors (Lipinski definition) is 0. The van der Waals surface area contributed by atoms with Crippen LogP contribution in [-0.4, -0.2) is 0 Å². The van der Waals surface area contributed by atoms with Crippen LogP contribution < -0.4 is 0 Å². The third kappa shape index (κ3) is 3.60.